The maximum Gasteiger partial charge on any atom is 0.194 e. The molecule has 4 rings (SSSR count). The predicted molar refractivity (Wildman–Crippen MR) is 124 cm³/mol. The molecule has 0 aromatic heterocycles. The van der Waals surface area contributed by atoms with E-state index in [1.54, 1.807) is 0 Å². The van der Waals surface area contributed by atoms with Gasteiger partial charge >= 0.3 is 0 Å². The fraction of sp³-hybridized carbons (Fsp3) is 0.346. The fourth-order valence-electron chi connectivity index (χ4n) is 4.40. The lowest BCUT2D eigenvalue weighted by Crippen LogP contribution is -2.21. The van der Waals surface area contributed by atoms with Gasteiger partial charge in [0, 0.05) is 21.9 Å². The highest BCUT2D eigenvalue weighted by molar-refractivity contribution is 9.10. The summed E-state index contributed by atoms with van der Waals surface area (Å²) in [5.41, 5.74) is 3.60. The van der Waals surface area contributed by atoms with Crippen molar-refractivity contribution in [3.05, 3.63) is 64.1 Å². The third kappa shape index (κ3) is 3.73. The van der Waals surface area contributed by atoms with Crippen LogP contribution in [0.3, 0.4) is 0 Å². The van der Waals surface area contributed by atoms with E-state index in [9.17, 15) is 4.79 Å². The molecular weight excluding hydrogens is 424 g/mol. The van der Waals surface area contributed by atoms with Crippen LogP contribution in [0.5, 0.6) is 5.75 Å². The molecule has 3 heteroatoms. The van der Waals surface area contributed by atoms with E-state index in [1.165, 1.54) is 0 Å². The number of ether oxygens (including phenoxy) is 1. The van der Waals surface area contributed by atoms with E-state index in [0.717, 1.165) is 56.1 Å². The Balaban J connectivity index is 1.89. The van der Waals surface area contributed by atoms with Gasteiger partial charge in [-0.05, 0) is 57.8 Å². The van der Waals surface area contributed by atoms with Gasteiger partial charge in [-0.15, -0.1) is 0 Å². The number of rotatable bonds is 6. The number of benzene rings is 3. The second-order valence-electron chi connectivity index (χ2n) is 8.84. The molecule has 0 radical (unpaired) electrons. The fourth-order valence-corrected chi connectivity index (χ4v) is 4.94. The van der Waals surface area contributed by atoms with Crippen molar-refractivity contribution in [1.29, 1.82) is 0 Å². The molecule has 3 aromatic rings. The Bertz CT molecular complexity index is 1070. The average molecular weight is 451 g/mol. The summed E-state index contributed by atoms with van der Waals surface area (Å²) in [6, 6.07) is 16.0. The van der Waals surface area contributed by atoms with Crippen molar-refractivity contribution in [3.63, 3.8) is 0 Å². The molecule has 0 unspecified atom stereocenters. The van der Waals surface area contributed by atoms with E-state index >= 15 is 0 Å². The third-order valence-corrected chi connectivity index (χ3v) is 6.35. The topological polar surface area (TPSA) is 26.3 Å². The smallest absolute Gasteiger partial charge is 0.194 e. The van der Waals surface area contributed by atoms with Gasteiger partial charge in [0.2, 0.25) is 0 Å². The number of fused-ring (bicyclic) bond motifs is 2. The first-order chi connectivity index (χ1) is 13.9. The van der Waals surface area contributed by atoms with E-state index in [4.69, 9.17) is 4.74 Å². The van der Waals surface area contributed by atoms with Crippen molar-refractivity contribution in [2.24, 2.45) is 11.8 Å². The number of carbonyl (C=O) groups excluding carboxylic acids is 1. The van der Waals surface area contributed by atoms with Crippen molar-refractivity contribution in [2.75, 3.05) is 0 Å². The molecule has 0 saturated carbocycles. The first kappa shape index (κ1) is 20.2. The Hall–Kier alpha value is -2.13. The van der Waals surface area contributed by atoms with Gasteiger partial charge in [-0.3, -0.25) is 4.79 Å². The SMILES string of the molecule is CC(C)CC(CC(C)C)Oc1cc2c3c(cccc3c1Br)C(=O)c1ccccc1-2. The summed E-state index contributed by atoms with van der Waals surface area (Å²) in [6.07, 6.45) is 2.21. The summed E-state index contributed by atoms with van der Waals surface area (Å²) in [5.74, 6) is 2.10. The van der Waals surface area contributed by atoms with Crippen LogP contribution >= 0.6 is 15.9 Å². The lowest BCUT2D eigenvalue weighted by atomic mass is 9.83. The molecule has 0 spiro atoms. The Morgan fingerprint density at radius 3 is 2.10 bits per heavy atom. The van der Waals surface area contributed by atoms with Crippen LogP contribution in [0.15, 0.2) is 53.0 Å². The highest BCUT2D eigenvalue weighted by Crippen LogP contribution is 2.46. The molecule has 2 nitrogen and oxygen atoms in total. The summed E-state index contributed by atoms with van der Waals surface area (Å²) < 4.78 is 7.52. The molecule has 1 aliphatic carbocycles. The molecular formula is C26H27BrO2. The molecule has 150 valence electrons. The largest absolute Gasteiger partial charge is 0.489 e. The number of halogens is 1. The minimum atomic E-state index is 0.0942. The van der Waals surface area contributed by atoms with Gasteiger partial charge in [0.05, 0.1) is 10.6 Å². The molecule has 0 heterocycles. The predicted octanol–water partition coefficient (Wildman–Crippen LogP) is 7.65. The number of ketones is 1. The van der Waals surface area contributed by atoms with Crippen molar-refractivity contribution in [1.82, 2.24) is 0 Å². The molecule has 0 amide bonds. The van der Waals surface area contributed by atoms with Crippen LogP contribution in [0.25, 0.3) is 21.9 Å². The molecule has 3 aromatic carbocycles. The summed E-state index contributed by atoms with van der Waals surface area (Å²) in [5, 5.41) is 2.05. The standard InChI is InChI=1S/C26H27BrO2/c1-15(2)12-17(13-16(3)4)29-23-14-22-18-8-5-6-9-19(18)26(28)21-11-7-10-20(24(21)22)25(23)27/h5-11,14-17H,12-13H2,1-4H3. The number of hydrogen-bond donors (Lipinski definition) is 0. The van der Waals surface area contributed by atoms with Crippen LogP contribution in [0.1, 0.15) is 56.5 Å². The monoisotopic (exact) mass is 450 g/mol. The molecule has 1 aliphatic rings. The molecule has 0 N–H and O–H groups in total. The van der Waals surface area contributed by atoms with Crippen molar-refractivity contribution in [3.8, 4) is 16.9 Å². The van der Waals surface area contributed by atoms with Gasteiger partial charge in [0.15, 0.2) is 5.78 Å². The minimum absolute atomic E-state index is 0.0942. The Kier molecular flexibility index (Phi) is 5.52. The van der Waals surface area contributed by atoms with E-state index < -0.39 is 0 Å². The van der Waals surface area contributed by atoms with Crippen molar-refractivity contribution >= 4 is 32.5 Å². The third-order valence-electron chi connectivity index (χ3n) is 5.53. The second kappa shape index (κ2) is 7.95. The van der Waals surface area contributed by atoms with Gasteiger partial charge in [0.1, 0.15) is 5.75 Å². The maximum atomic E-state index is 13.1. The highest BCUT2D eigenvalue weighted by atomic mass is 79.9. The Morgan fingerprint density at radius 1 is 0.828 bits per heavy atom. The van der Waals surface area contributed by atoms with Crippen LogP contribution in [-0.2, 0) is 0 Å². The molecule has 0 atom stereocenters. The van der Waals surface area contributed by atoms with E-state index in [2.05, 4.69) is 55.8 Å². The van der Waals surface area contributed by atoms with Gasteiger partial charge in [-0.1, -0.05) is 70.2 Å². The normalized spacial score (nSPS) is 12.9. The average Bonchev–Trinajstić information content (AvgIpc) is 2.67. The van der Waals surface area contributed by atoms with Crippen LogP contribution in [0.2, 0.25) is 0 Å². The zero-order chi connectivity index (χ0) is 20.7. The quantitative estimate of drug-likeness (QED) is 0.301. The van der Waals surface area contributed by atoms with Gasteiger partial charge in [-0.25, -0.2) is 0 Å². The summed E-state index contributed by atoms with van der Waals surface area (Å²) in [6.45, 7) is 8.96. The van der Waals surface area contributed by atoms with Gasteiger partial charge in [0.25, 0.3) is 0 Å². The highest BCUT2D eigenvalue weighted by Gasteiger charge is 2.27. The van der Waals surface area contributed by atoms with E-state index in [0.29, 0.717) is 11.8 Å². The molecule has 0 fully saturated rings. The minimum Gasteiger partial charge on any atom is -0.489 e. The molecule has 0 aliphatic heterocycles. The zero-order valence-corrected chi connectivity index (χ0v) is 19.0. The summed E-state index contributed by atoms with van der Waals surface area (Å²) >= 11 is 3.79. The summed E-state index contributed by atoms with van der Waals surface area (Å²) in [4.78, 5) is 13.1. The zero-order valence-electron chi connectivity index (χ0n) is 17.5. The Morgan fingerprint density at radius 2 is 1.45 bits per heavy atom. The van der Waals surface area contributed by atoms with Gasteiger partial charge < -0.3 is 4.74 Å². The molecule has 0 bridgehead atoms. The van der Waals surface area contributed by atoms with Crippen molar-refractivity contribution < 1.29 is 9.53 Å². The second-order valence-corrected chi connectivity index (χ2v) is 9.63. The Labute approximate surface area is 181 Å². The van der Waals surface area contributed by atoms with Crippen LogP contribution in [0.4, 0.5) is 0 Å². The molecule has 0 saturated heterocycles. The number of carbonyl (C=O) groups is 1. The first-order valence-electron chi connectivity index (χ1n) is 10.4. The van der Waals surface area contributed by atoms with E-state index in [-0.39, 0.29) is 11.9 Å². The lowest BCUT2D eigenvalue weighted by Gasteiger charge is -2.26. The van der Waals surface area contributed by atoms with E-state index in [1.807, 2.05) is 36.4 Å². The maximum absolute atomic E-state index is 13.1. The summed E-state index contributed by atoms with van der Waals surface area (Å²) in [7, 11) is 0. The van der Waals surface area contributed by atoms with Crippen LogP contribution < -0.4 is 4.74 Å². The first-order valence-corrected chi connectivity index (χ1v) is 11.2. The van der Waals surface area contributed by atoms with Gasteiger partial charge in [-0.2, -0.15) is 0 Å². The lowest BCUT2D eigenvalue weighted by molar-refractivity contribution is 0.104. The van der Waals surface area contributed by atoms with Crippen molar-refractivity contribution in [2.45, 2.75) is 46.6 Å². The molecule has 29 heavy (non-hydrogen) atoms. The van der Waals surface area contributed by atoms with Crippen LogP contribution in [-0.4, -0.2) is 11.9 Å². The number of hydrogen-bond acceptors (Lipinski definition) is 2. The van der Waals surface area contributed by atoms with Crippen LogP contribution in [0, 0.1) is 11.8 Å².